The third-order valence-corrected chi connectivity index (χ3v) is 13.1. The monoisotopic (exact) mass is 822 g/mol. The van der Waals surface area contributed by atoms with Crippen LogP contribution in [0.4, 0.5) is 4.39 Å². The molecule has 1 saturated carbocycles. The van der Waals surface area contributed by atoms with Gasteiger partial charge >= 0.3 is 5.97 Å². The van der Waals surface area contributed by atoms with E-state index in [0.717, 1.165) is 12.0 Å². The zero-order chi connectivity index (χ0) is 43.1. The highest BCUT2D eigenvalue weighted by molar-refractivity contribution is 6.39. The standard InChI is InChI=1S/C45H72FNO11/c1-11-32-21-27(5)39(46)28(6)22-37(54-9)41-38(55-10)23-30(8)45(53,58-41)42(50)43(51)47-19-13-12-14-33(47)44(52)57-40(26(4)15-17-34(32)48)29(7)20-31-16-18-36(35(49)24-31)56-25(2)3/h20-21,25-26,28,30-33,35-41,49,53H,11-19,22-24H2,1-10H3/b27-21+,29-20?. The SMILES string of the molecule is CCC1/C=C(\C)C(F)C(C)CC(OC)C2OC(O)(C(=O)C(=O)N3CCCCC3C(=O)OC(C(C)=CC3CCC(OC(C)C)C(O)C3)C(C)CCC1=O)C(C)CC2OC. The van der Waals surface area contributed by atoms with Crippen molar-refractivity contribution in [2.75, 3.05) is 20.8 Å². The number of allylic oxidation sites excluding steroid dienone is 3. The number of ketones is 2. The molecule has 2 bridgehead atoms. The van der Waals surface area contributed by atoms with Crippen molar-refractivity contribution >= 4 is 23.4 Å². The van der Waals surface area contributed by atoms with E-state index in [9.17, 15) is 29.4 Å². The molecule has 13 heteroatoms. The Hall–Kier alpha value is -2.55. The summed E-state index contributed by atoms with van der Waals surface area (Å²) >= 11 is 0. The van der Waals surface area contributed by atoms with Crippen molar-refractivity contribution in [2.24, 2.45) is 29.6 Å². The lowest BCUT2D eigenvalue weighted by molar-refractivity contribution is -0.302. The average Bonchev–Trinajstić information content (AvgIpc) is 3.20. The summed E-state index contributed by atoms with van der Waals surface area (Å²) in [6, 6.07) is -1.09. The number of nitrogens with zero attached hydrogens (tertiary/aromatic N) is 1. The number of esters is 1. The smallest absolute Gasteiger partial charge is 0.329 e. The number of methoxy groups -OCH3 is 2. The molecule has 2 N–H and O–H groups in total. The van der Waals surface area contributed by atoms with Crippen LogP contribution in [0.15, 0.2) is 23.3 Å². The van der Waals surface area contributed by atoms with Crippen LogP contribution in [-0.4, -0.2) is 120 Å². The van der Waals surface area contributed by atoms with Crippen molar-refractivity contribution < 1.29 is 57.5 Å². The summed E-state index contributed by atoms with van der Waals surface area (Å²) in [4.78, 5) is 57.7. The van der Waals surface area contributed by atoms with E-state index in [1.807, 2.05) is 40.7 Å². The number of carbonyl (C=O) groups is 4. The fourth-order valence-electron chi connectivity index (χ4n) is 9.56. The highest BCUT2D eigenvalue weighted by atomic mass is 19.1. The van der Waals surface area contributed by atoms with Gasteiger partial charge in [0.15, 0.2) is 0 Å². The predicted molar refractivity (Wildman–Crippen MR) is 216 cm³/mol. The molecule has 12 nitrogen and oxygen atoms in total. The molecule has 4 aliphatic rings. The van der Waals surface area contributed by atoms with Gasteiger partial charge in [-0.2, -0.15) is 0 Å². The van der Waals surface area contributed by atoms with Gasteiger partial charge in [0.05, 0.1) is 30.5 Å². The topological polar surface area (TPSA) is 158 Å². The van der Waals surface area contributed by atoms with Crippen molar-refractivity contribution in [1.29, 1.82) is 0 Å². The zero-order valence-electron chi connectivity index (χ0n) is 36.6. The highest BCUT2D eigenvalue weighted by Crippen LogP contribution is 2.39. The van der Waals surface area contributed by atoms with Gasteiger partial charge in [-0.05, 0) is 121 Å². The Morgan fingerprint density at radius 2 is 1.66 bits per heavy atom. The molecule has 1 amide bonds. The molecule has 3 aliphatic heterocycles. The minimum Gasteiger partial charge on any atom is -0.456 e. The third-order valence-electron chi connectivity index (χ3n) is 13.1. The van der Waals surface area contributed by atoms with Crippen LogP contribution in [-0.2, 0) is 42.9 Å². The first-order valence-electron chi connectivity index (χ1n) is 21.7. The van der Waals surface area contributed by atoms with E-state index >= 15 is 4.39 Å². The predicted octanol–water partition coefficient (Wildman–Crippen LogP) is 6.23. The Labute approximate surface area is 345 Å². The number of hydrogen-bond acceptors (Lipinski definition) is 11. The summed E-state index contributed by atoms with van der Waals surface area (Å²) in [5.74, 6) is -7.87. The van der Waals surface area contributed by atoms with Gasteiger partial charge in [0.25, 0.3) is 11.7 Å². The van der Waals surface area contributed by atoms with Crippen LogP contribution in [0.3, 0.4) is 0 Å². The lowest BCUT2D eigenvalue weighted by Crippen LogP contribution is -2.64. The van der Waals surface area contributed by atoms with Crippen molar-refractivity contribution in [2.45, 2.75) is 187 Å². The highest BCUT2D eigenvalue weighted by Gasteiger charge is 2.56. The molecule has 330 valence electrons. The molecule has 2 saturated heterocycles. The molecule has 0 spiro atoms. The van der Waals surface area contributed by atoms with E-state index in [2.05, 4.69) is 0 Å². The van der Waals surface area contributed by atoms with Crippen LogP contribution in [0.1, 0.15) is 126 Å². The molecule has 4 rings (SSSR count). The number of fused-ring (bicyclic) bond motifs is 3. The number of hydrogen-bond donors (Lipinski definition) is 2. The minimum atomic E-state index is -2.57. The number of aliphatic hydroxyl groups excluding tert-OH is 1. The van der Waals surface area contributed by atoms with E-state index in [1.54, 1.807) is 26.8 Å². The van der Waals surface area contributed by atoms with Gasteiger partial charge in [-0.25, -0.2) is 9.18 Å². The van der Waals surface area contributed by atoms with Crippen LogP contribution in [0, 0.1) is 29.6 Å². The molecule has 0 aromatic carbocycles. The quantitative estimate of drug-likeness (QED) is 0.171. The van der Waals surface area contributed by atoms with Gasteiger partial charge in [-0.1, -0.05) is 39.8 Å². The number of amides is 1. The van der Waals surface area contributed by atoms with Crippen molar-refractivity contribution in [3.63, 3.8) is 0 Å². The summed E-state index contributed by atoms with van der Waals surface area (Å²) in [7, 11) is 2.92. The zero-order valence-corrected chi connectivity index (χ0v) is 36.6. The Bertz CT molecular complexity index is 1480. The van der Waals surface area contributed by atoms with Crippen LogP contribution < -0.4 is 0 Å². The van der Waals surface area contributed by atoms with E-state index in [4.69, 9.17) is 23.7 Å². The number of piperidine rings is 1. The molecule has 3 fully saturated rings. The number of carbonyl (C=O) groups excluding carboxylic acids is 4. The second-order valence-electron chi connectivity index (χ2n) is 18.0. The number of rotatable bonds is 7. The Morgan fingerprint density at radius 3 is 2.28 bits per heavy atom. The summed E-state index contributed by atoms with van der Waals surface area (Å²) in [6.45, 7) is 14.7. The molecule has 58 heavy (non-hydrogen) atoms. The van der Waals surface area contributed by atoms with Gasteiger partial charge in [0.2, 0.25) is 5.79 Å². The van der Waals surface area contributed by atoms with Gasteiger partial charge in [-0.3, -0.25) is 14.4 Å². The van der Waals surface area contributed by atoms with Crippen LogP contribution in [0.2, 0.25) is 0 Å². The van der Waals surface area contributed by atoms with E-state index in [-0.39, 0.29) is 62.1 Å². The Kier molecular flexibility index (Phi) is 17.7. The fraction of sp³-hybridized carbons (Fsp3) is 0.822. The minimum absolute atomic E-state index is 0.00356. The first-order valence-corrected chi connectivity index (χ1v) is 21.7. The molecule has 0 radical (unpaired) electrons. The Morgan fingerprint density at radius 1 is 0.983 bits per heavy atom. The third kappa shape index (κ3) is 11.4. The average molecular weight is 822 g/mol. The van der Waals surface area contributed by atoms with Gasteiger partial charge < -0.3 is 38.8 Å². The molecule has 14 atom stereocenters. The van der Waals surface area contributed by atoms with Gasteiger partial charge in [0.1, 0.15) is 30.2 Å². The number of halogens is 1. The number of Topliss-reactive ketones (excluding diaryl/α,β-unsaturated/α-hetero) is 2. The van der Waals surface area contributed by atoms with Crippen LogP contribution in [0.5, 0.6) is 0 Å². The molecule has 1 aliphatic carbocycles. The largest absolute Gasteiger partial charge is 0.456 e. The lowest BCUT2D eigenvalue weighted by Gasteiger charge is -2.47. The first kappa shape index (κ1) is 48.1. The normalized spacial score (nSPS) is 40.7. The molecule has 0 aromatic rings. The maximum Gasteiger partial charge on any atom is 0.329 e. The molecule has 0 aromatic heterocycles. The summed E-state index contributed by atoms with van der Waals surface area (Å²) in [5.41, 5.74) is 1.18. The van der Waals surface area contributed by atoms with Gasteiger partial charge in [0, 0.05) is 39.0 Å². The summed E-state index contributed by atoms with van der Waals surface area (Å²) in [6.07, 6.45) is 2.75. The van der Waals surface area contributed by atoms with E-state index in [0.29, 0.717) is 44.1 Å². The van der Waals surface area contributed by atoms with Gasteiger partial charge in [-0.15, -0.1) is 0 Å². The molecule has 3 heterocycles. The van der Waals surface area contributed by atoms with E-state index < -0.39 is 83.9 Å². The number of aliphatic hydroxyl groups is 2. The molecule has 14 unspecified atom stereocenters. The van der Waals surface area contributed by atoms with E-state index in [1.165, 1.54) is 19.1 Å². The van der Waals surface area contributed by atoms with Crippen LogP contribution in [0.25, 0.3) is 0 Å². The molecular weight excluding hydrogens is 749 g/mol. The van der Waals surface area contributed by atoms with Crippen molar-refractivity contribution in [3.8, 4) is 0 Å². The number of cyclic esters (lactones) is 1. The fourth-order valence-corrected chi connectivity index (χ4v) is 9.56. The van der Waals surface area contributed by atoms with Crippen LogP contribution >= 0.6 is 0 Å². The van der Waals surface area contributed by atoms with Crippen molar-refractivity contribution in [1.82, 2.24) is 4.90 Å². The maximum atomic E-state index is 16.2. The maximum absolute atomic E-state index is 16.2. The second-order valence-corrected chi connectivity index (χ2v) is 18.0. The Balaban J connectivity index is 1.74. The second kappa shape index (κ2) is 21.3. The van der Waals surface area contributed by atoms with Crippen molar-refractivity contribution in [3.05, 3.63) is 23.3 Å². The number of alkyl halides is 1. The summed E-state index contributed by atoms with van der Waals surface area (Å²) < 4.78 is 46.2. The summed E-state index contributed by atoms with van der Waals surface area (Å²) in [5, 5.41) is 22.9. The molecular formula is C45H72FNO11. The first-order chi connectivity index (χ1) is 27.4. The number of ether oxygens (including phenoxy) is 5. The lowest BCUT2D eigenvalue weighted by atomic mass is 9.81.